The summed E-state index contributed by atoms with van der Waals surface area (Å²) in [6.45, 7) is 3.94. The molecule has 2 atom stereocenters. The van der Waals surface area contributed by atoms with Gasteiger partial charge in [0.05, 0.1) is 0 Å². The molecule has 3 N–H and O–H groups in total. The Bertz CT molecular complexity index is 154. The second-order valence-electron chi connectivity index (χ2n) is 2.32. The lowest BCUT2D eigenvalue weighted by molar-refractivity contribution is -0.244. The van der Waals surface area contributed by atoms with Crippen molar-refractivity contribution in [1.82, 2.24) is 0 Å². The fraction of sp³-hybridized carbons (Fsp3) is 0.667. The molecule has 0 spiro atoms. The van der Waals surface area contributed by atoms with Gasteiger partial charge in [-0.1, -0.05) is 6.58 Å². The average molecular weight is 169 g/mol. The van der Waals surface area contributed by atoms with Crippen LogP contribution in [0.3, 0.4) is 0 Å². The van der Waals surface area contributed by atoms with Gasteiger partial charge in [0.1, 0.15) is 0 Å². The Labute approximate surface area is 62.5 Å². The Morgan fingerprint density at radius 3 is 1.91 bits per heavy atom. The molecule has 5 heteroatoms. The number of halogens is 3. The lowest BCUT2D eigenvalue weighted by atomic mass is 9.96. The first-order valence-electron chi connectivity index (χ1n) is 2.94. The van der Waals surface area contributed by atoms with Crippen LogP contribution in [0.1, 0.15) is 6.92 Å². The van der Waals surface area contributed by atoms with Crippen LogP contribution in [0.25, 0.3) is 0 Å². The SMILES string of the molecule is C=CC(O)(C(C)N)C(F)(F)F. The van der Waals surface area contributed by atoms with Gasteiger partial charge >= 0.3 is 6.18 Å². The van der Waals surface area contributed by atoms with E-state index in [1.165, 1.54) is 0 Å². The summed E-state index contributed by atoms with van der Waals surface area (Å²) in [6, 6.07) is -1.42. The third kappa shape index (κ3) is 1.72. The molecule has 0 aliphatic carbocycles. The topological polar surface area (TPSA) is 46.2 Å². The van der Waals surface area contributed by atoms with Crippen molar-refractivity contribution in [2.75, 3.05) is 0 Å². The molecule has 2 nitrogen and oxygen atoms in total. The lowest BCUT2D eigenvalue weighted by Crippen LogP contribution is -2.55. The molecule has 0 saturated heterocycles. The van der Waals surface area contributed by atoms with Gasteiger partial charge in [-0.25, -0.2) is 0 Å². The number of aliphatic hydroxyl groups is 1. The molecule has 0 bridgehead atoms. The number of hydrogen-bond acceptors (Lipinski definition) is 2. The zero-order chi connectivity index (χ0) is 9.28. The van der Waals surface area contributed by atoms with Crippen LogP contribution in [-0.2, 0) is 0 Å². The van der Waals surface area contributed by atoms with E-state index in [9.17, 15) is 13.2 Å². The summed E-state index contributed by atoms with van der Waals surface area (Å²) in [5, 5.41) is 8.87. The minimum Gasteiger partial charge on any atom is -0.376 e. The number of hydrogen-bond donors (Lipinski definition) is 2. The van der Waals surface area contributed by atoms with E-state index < -0.39 is 17.8 Å². The quantitative estimate of drug-likeness (QED) is 0.601. The molecule has 0 aromatic carbocycles. The maximum atomic E-state index is 12.0. The third-order valence-electron chi connectivity index (χ3n) is 1.46. The van der Waals surface area contributed by atoms with Gasteiger partial charge in [0.2, 0.25) is 0 Å². The molecule has 11 heavy (non-hydrogen) atoms. The summed E-state index contributed by atoms with van der Waals surface area (Å²) < 4.78 is 35.9. The smallest absolute Gasteiger partial charge is 0.376 e. The highest BCUT2D eigenvalue weighted by Gasteiger charge is 2.54. The minimum atomic E-state index is -4.76. The number of nitrogens with two attached hydrogens (primary N) is 1. The molecule has 0 heterocycles. The van der Waals surface area contributed by atoms with Crippen molar-refractivity contribution in [3.05, 3.63) is 12.7 Å². The minimum absolute atomic E-state index is 0.400. The molecule has 0 radical (unpaired) electrons. The van der Waals surface area contributed by atoms with Crippen LogP contribution in [0.2, 0.25) is 0 Å². The molecule has 0 aliphatic rings. The van der Waals surface area contributed by atoms with E-state index >= 15 is 0 Å². The van der Waals surface area contributed by atoms with E-state index in [0.717, 1.165) is 6.92 Å². The highest BCUT2D eigenvalue weighted by Crippen LogP contribution is 2.32. The zero-order valence-corrected chi connectivity index (χ0v) is 6.02. The van der Waals surface area contributed by atoms with Crippen LogP contribution >= 0.6 is 0 Å². The summed E-state index contributed by atoms with van der Waals surface area (Å²) in [5.41, 5.74) is 1.95. The van der Waals surface area contributed by atoms with Crippen LogP contribution in [0.15, 0.2) is 12.7 Å². The Balaban J connectivity index is 4.75. The largest absolute Gasteiger partial charge is 0.422 e. The number of alkyl halides is 3. The second-order valence-corrected chi connectivity index (χ2v) is 2.32. The summed E-state index contributed by atoms with van der Waals surface area (Å²) in [4.78, 5) is 0. The predicted octanol–water partition coefficient (Wildman–Crippen LogP) is 0.813. The summed E-state index contributed by atoms with van der Waals surface area (Å²) in [7, 11) is 0. The van der Waals surface area contributed by atoms with Crippen molar-refractivity contribution >= 4 is 0 Å². The lowest BCUT2D eigenvalue weighted by Gasteiger charge is -2.30. The summed E-state index contributed by atoms with van der Waals surface area (Å²) >= 11 is 0. The molecule has 0 saturated carbocycles. The Morgan fingerprint density at radius 2 is 1.91 bits per heavy atom. The highest BCUT2D eigenvalue weighted by molar-refractivity contribution is 5.06. The predicted molar refractivity (Wildman–Crippen MR) is 34.9 cm³/mol. The Kier molecular flexibility index (Phi) is 2.69. The molecule has 0 aliphatic heterocycles. The van der Waals surface area contributed by atoms with Gasteiger partial charge < -0.3 is 10.8 Å². The van der Waals surface area contributed by atoms with Crippen LogP contribution < -0.4 is 5.73 Å². The maximum absolute atomic E-state index is 12.0. The van der Waals surface area contributed by atoms with E-state index in [-0.39, 0.29) is 0 Å². The van der Waals surface area contributed by atoms with Crippen LogP contribution in [0.4, 0.5) is 13.2 Å². The van der Waals surface area contributed by atoms with E-state index in [4.69, 9.17) is 10.8 Å². The highest BCUT2D eigenvalue weighted by atomic mass is 19.4. The number of rotatable bonds is 2. The van der Waals surface area contributed by atoms with Crippen molar-refractivity contribution in [3.8, 4) is 0 Å². The Hall–Kier alpha value is -0.550. The van der Waals surface area contributed by atoms with Gasteiger partial charge in [-0.3, -0.25) is 0 Å². The van der Waals surface area contributed by atoms with E-state index in [0.29, 0.717) is 6.08 Å². The average Bonchev–Trinajstić information content (AvgIpc) is 1.83. The second kappa shape index (κ2) is 2.83. The molecule has 0 rings (SSSR count). The molecule has 0 aromatic heterocycles. The molecule has 2 unspecified atom stereocenters. The van der Waals surface area contributed by atoms with Crippen LogP contribution in [0, 0.1) is 0 Å². The van der Waals surface area contributed by atoms with Crippen molar-refractivity contribution in [3.63, 3.8) is 0 Å². The molecule has 0 fully saturated rings. The fourth-order valence-electron chi connectivity index (χ4n) is 0.560. The van der Waals surface area contributed by atoms with Crippen LogP contribution in [0.5, 0.6) is 0 Å². The molecule has 0 amide bonds. The van der Waals surface area contributed by atoms with Gasteiger partial charge in [-0.05, 0) is 13.0 Å². The van der Waals surface area contributed by atoms with Crippen LogP contribution in [-0.4, -0.2) is 22.9 Å². The van der Waals surface area contributed by atoms with Crippen molar-refractivity contribution in [2.45, 2.75) is 24.7 Å². The van der Waals surface area contributed by atoms with E-state index in [2.05, 4.69) is 6.58 Å². The van der Waals surface area contributed by atoms with Crippen molar-refractivity contribution in [2.24, 2.45) is 5.73 Å². The normalized spacial score (nSPS) is 20.5. The van der Waals surface area contributed by atoms with Crippen molar-refractivity contribution < 1.29 is 18.3 Å². The first-order valence-corrected chi connectivity index (χ1v) is 2.94. The van der Waals surface area contributed by atoms with E-state index in [1.807, 2.05) is 0 Å². The molecule has 66 valence electrons. The third-order valence-corrected chi connectivity index (χ3v) is 1.46. The molecule has 0 aromatic rings. The van der Waals surface area contributed by atoms with Gasteiger partial charge in [0, 0.05) is 6.04 Å². The molecular formula is C6H10F3NO. The first kappa shape index (κ1) is 10.4. The van der Waals surface area contributed by atoms with Gasteiger partial charge in [0.25, 0.3) is 0 Å². The molecular weight excluding hydrogens is 159 g/mol. The Morgan fingerprint density at radius 1 is 1.55 bits per heavy atom. The fourth-order valence-corrected chi connectivity index (χ4v) is 0.560. The van der Waals surface area contributed by atoms with E-state index in [1.54, 1.807) is 0 Å². The zero-order valence-electron chi connectivity index (χ0n) is 6.02. The van der Waals surface area contributed by atoms with Gasteiger partial charge in [-0.15, -0.1) is 0 Å². The summed E-state index contributed by atoms with van der Waals surface area (Å²) in [5.74, 6) is 0. The summed E-state index contributed by atoms with van der Waals surface area (Å²) in [6.07, 6.45) is -4.36. The van der Waals surface area contributed by atoms with Crippen molar-refractivity contribution in [1.29, 1.82) is 0 Å². The maximum Gasteiger partial charge on any atom is 0.422 e. The van der Waals surface area contributed by atoms with Gasteiger partial charge in [-0.2, -0.15) is 13.2 Å². The standard InChI is InChI=1S/C6H10F3NO/c1-3-5(11,4(2)10)6(7,8)9/h3-4,11H,1,10H2,2H3. The first-order chi connectivity index (χ1) is 4.75. The van der Waals surface area contributed by atoms with Gasteiger partial charge in [0.15, 0.2) is 5.60 Å². The monoisotopic (exact) mass is 169 g/mol.